The molecule has 1 atom stereocenters. The number of methoxy groups -OCH3 is 1. The van der Waals surface area contributed by atoms with Crippen LogP contribution < -0.4 is 5.32 Å². The fourth-order valence-corrected chi connectivity index (χ4v) is 1.59. The van der Waals surface area contributed by atoms with Crippen LogP contribution in [0.5, 0.6) is 0 Å². The average Bonchev–Trinajstić information content (AvgIpc) is 3.07. The first-order valence-electron chi connectivity index (χ1n) is 6.06. The van der Waals surface area contributed by atoms with E-state index in [1.165, 1.54) is 7.11 Å². The van der Waals surface area contributed by atoms with Crippen molar-refractivity contribution < 1.29 is 14.3 Å². The van der Waals surface area contributed by atoms with Gasteiger partial charge < -0.3 is 9.47 Å². The Balaban J connectivity index is 2.38. The Hall–Kier alpha value is -0.610. The summed E-state index contributed by atoms with van der Waals surface area (Å²) in [5.41, 5.74) is -0.691. The summed E-state index contributed by atoms with van der Waals surface area (Å²) in [6.45, 7) is 5.06. The zero-order chi connectivity index (χ0) is 12.0. The number of carbonyl (C=O) groups is 1. The minimum absolute atomic E-state index is 0.240. The number of hydrogen-bond acceptors (Lipinski definition) is 4. The molecule has 1 N–H and O–H groups in total. The van der Waals surface area contributed by atoms with E-state index in [-0.39, 0.29) is 5.97 Å². The lowest BCUT2D eigenvalue weighted by atomic mass is 10.0. The third kappa shape index (κ3) is 4.10. The lowest BCUT2D eigenvalue weighted by molar-refractivity contribution is -0.150. The Kier molecular flexibility index (Phi) is 5.22. The number of unbranched alkanes of at least 4 members (excludes halogenated alkanes) is 1. The fourth-order valence-electron chi connectivity index (χ4n) is 1.59. The monoisotopic (exact) mass is 229 g/mol. The van der Waals surface area contributed by atoms with Crippen molar-refractivity contribution in [2.24, 2.45) is 0 Å². The van der Waals surface area contributed by atoms with E-state index in [0.29, 0.717) is 19.3 Å². The summed E-state index contributed by atoms with van der Waals surface area (Å²) in [6.07, 6.45) is 4.41. The van der Waals surface area contributed by atoms with Gasteiger partial charge in [0, 0.05) is 12.6 Å². The van der Waals surface area contributed by atoms with Crippen molar-refractivity contribution in [2.75, 3.05) is 20.3 Å². The molecular formula is C12H23NO3. The summed E-state index contributed by atoms with van der Waals surface area (Å²) in [6, 6.07) is 0.457. The summed E-state index contributed by atoms with van der Waals surface area (Å²) < 4.78 is 10.3. The molecule has 1 aliphatic carbocycles. The molecule has 4 nitrogen and oxygen atoms in total. The molecule has 0 bridgehead atoms. The van der Waals surface area contributed by atoms with Crippen molar-refractivity contribution in [2.45, 2.75) is 51.1 Å². The van der Waals surface area contributed by atoms with Crippen LogP contribution in [0.3, 0.4) is 0 Å². The fraction of sp³-hybridized carbons (Fsp3) is 0.917. The van der Waals surface area contributed by atoms with Gasteiger partial charge in [-0.05, 0) is 26.2 Å². The molecule has 0 amide bonds. The molecule has 0 saturated heterocycles. The van der Waals surface area contributed by atoms with E-state index in [0.717, 1.165) is 25.7 Å². The molecule has 4 heteroatoms. The Morgan fingerprint density at radius 1 is 1.50 bits per heavy atom. The second kappa shape index (κ2) is 6.21. The van der Waals surface area contributed by atoms with Crippen LogP contribution >= 0.6 is 0 Å². The predicted molar refractivity (Wildman–Crippen MR) is 62.3 cm³/mol. The van der Waals surface area contributed by atoms with Crippen LogP contribution in [0.2, 0.25) is 0 Å². The van der Waals surface area contributed by atoms with E-state index in [1.807, 2.05) is 6.92 Å². The molecule has 0 aromatic carbocycles. The van der Waals surface area contributed by atoms with E-state index in [1.54, 1.807) is 0 Å². The van der Waals surface area contributed by atoms with E-state index in [4.69, 9.17) is 9.47 Å². The molecule has 94 valence electrons. The first-order chi connectivity index (χ1) is 7.62. The van der Waals surface area contributed by atoms with Crippen molar-refractivity contribution in [1.29, 1.82) is 0 Å². The Morgan fingerprint density at radius 3 is 2.69 bits per heavy atom. The molecule has 16 heavy (non-hydrogen) atoms. The average molecular weight is 229 g/mol. The summed E-state index contributed by atoms with van der Waals surface area (Å²) in [5.74, 6) is -0.240. The highest BCUT2D eigenvalue weighted by atomic mass is 16.5. The van der Waals surface area contributed by atoms with Gasteiger partial charge in [0.1, 0.15) is 5.54 Å². The molecule has 1 saturated carbocycles. The van der Waals surface area contributed by atoms with Crippen LogP contribution in [-0.2, 0) is 14.3 Å². The van der Waals surface area contributed by atoms with Gasteiger partial charge in [0.2, 0.25) is 0 Å². The van der Waals surface area contributed by atoms with Crippen LogP contribution in [-0.4, -0.2) is 37.9 Å². The van der Waals surface area contributed by atoms with Crippen LogP contribution in [0.1, 0.15) is 39.5 Å². The molecule has 0 heterocycles. The first-order valence-corrected chi connectivity index (χ1v) is 6.06. The number of hydrogen-bond donors (Lipinski definition) is 1. The highest BCUT2D eigenvalue weighted by molar-refractivity contribution is 5.80. The standard InChI is InChI=1S/C12H23NO3/c1-4-5-8-16-9-12(2,11(14)15-3)13-10-6-7-10/h10,13H,4-9H2,1-3H3. The van der Waals surface area contributed by atoms with Crippen LogP contribution in [0.4, 0.5) is 0 Å². The summed E-state index contributed by atoms with van der Waals surface area (Å²) >= 11 is 0. The lowest BCUT2D eigenvalue weighted by Crippen LogP contribution is -2.54. The van der Waals surface area contributed by atoms with Crippen molar-refractivity contribution in [3.05, 3.63) is 0 Å². The van der Waals surface area contributed by atoms with Gasteiger partial charge in [0.15, 0.2) is 0 Å². The van der Waals surface area contributed by atoms with Gasteiger partial charge in [-0.2, -0.15) is 0 Å². The molecule has 1 rings (SSSR count). The summed E-state index contributed by atoms with van der Waals surface area (Å²) in [7, 11) is 1.42. The molecular weight excluding hydrogens is 206 g/mol. The second-order valence-electron chi connectivity index (χ2n) is 4.65. The number of esters is 1. The third-order valence-electron chi connectivity index (χ3n) is 2.77. The lowest BCUT2D eigenvalue weighted by Gasteiger charge is -2.27. The molecule has 0 spiro atoms. The number of nitrogens with one attached hydrogen (secondary N) is 1. The van der Waals surface area contributed by atoms with E-state index in [9.17, 15) is 4.79 Å². The second-order valence-corrected chi connectivity index (χ2v) is 4.65. The maximum Gasteiger partial charge on any atom is 0.328 e. The minimum Gasteiger partial charge on any atom is -0.468 e. The molecule has 0 radical (unpaired) electrons. The highest BCUT2D eigenvalue weighted by Crippen LogP contribution is 2.23. The highest BCUT2D eigenvalue weighted by Gasteiger charge is 2.39. The normalized spacial score (nSPS) is 19.2. The maximum absolute atomic E-state index is 11.7. The van der Waals surface area contributed by atoms with Gasteiger partial charge >= 0.3 is 5.97 Å². The number of carbonyl (C=O) groups excluding carboxylic acids is 1. The van der Waals surface area contributed by atoms with E-state index >= 15 is 0 Å². The quantitative estimate of drug-likeness (QED) is 0.506. The maximum atomic E-state index is 11.7. The molecule has 1 fully saturated rings. The van der Waals surface area contributed by atoms with Crippen LogP contribution in [0, 0.1) is 0 Å². The van der Waals surface area contributed by atoms with Gasteiger partial charge in [0.25, 0.3) is 0 Å². The predicted octanol–water partition coefficient (Wildman–Crippen LogP) is 1.49. The topological polar surface area (TPSA) is 47.6 Å². The SMILES string of the molecule is CCCCOCC(C)(NC1CC1)C(=O)OC. The summed E-state index contributed by atoms with van der Waals surface area (Å²) in [4.78, 5) is 11.7. The van der Waals surface area contributed by atoms with E-state index < -0.39 is 5.54 Å². The van der Waals surface area contributed by atoms with Crippen molar-refractivity contribution in [3.8, 4) is 0 Å². The van der Waals surface area contributed by atoms with Crippen LogP contribution in [0.25, 0.3) is 0 Å². The Bertz CT molecular complexity index is 228. The van der Waals surface area contributed by atoms with Gasteiger partial charge in [-0.3, -0.25) is 5.32 Å². The molecule has 1 unspecified atom stereocenters. The number of ether oxygens (including phenoxy) is 2. The first kappa shape index (κ1) is 13.5. The Morgan fingerprint density at radius 2 is 2.19 bits per heavy atom. The van der Waals surface area contributed by atoms with Crippen LogP contribution in [0.15, 0.2) is 0 Å². The van der Waals surface area contributed by atoms with E-state index in [2.05, 4.69) is 12.2 Å². The van der Waals surface area contributed by atoms with Gasteiger partial charge in [-0.25, -0.2) is 4.79 Å². The molecule has 0 aromatic heterocycles. The zero-order valence-corrected chi connectivity index (χ0v) is 10.5. The van der Waals surface area contributed by atoms with Crippen molar-refractivity contribution >= 4 is 5.97 Å². The molecule has 0 aromatic rings. The minimum atomic E-state index is -0.691. The largest absolute Gasteiger partial charge is 0.468 e. The smallest absolute Gasteiger partial charge is 0.328 e. The Labute approximate surface area is 97.7 Å². The summed E-state index contributed by atoms with van der Waals surface area (Å²) in [5, 5.41) is 3.30. The third-order valence-corrected chi connectivity index (χ3v) is 2.77. The van der Waals surface area contributed by atoms with Crippen molar-refractivity contribution in [3.63, 3.8) is 0 Å². The number of rotatable bonds is 8. The molecule has 0 aliphatic heterocycles. The zero-order valence-electron chi connectivity index (χ0n) is 10.5. The van der Waals surface area contributed by atoms with Gasteiger partial charge in [0.05, 0.1) is 13.7 Å². The van der Waals surface area contributed by atoms with Crippen molar-refractivity contribution in [1.82, 2.24) is 5.32 Å². The van der Waals surface area contributed by atoms with Gasteiger partial charge in [-0.15, -0.1) is 0 Å². The van der Waals surface area contributed by atoms with Gasteiger partial charge in [-0.1, -0.05) is 13.3 Å². The molecule has 1 aliphatic rings.